The van der Waals surface area contributed by atoms with Gasteiger partial charge in [-0.1, -0.05) is 11.3 Å². The molecule has 0 atom stereocenters. The maximum Gasteiger partial charge on any atom is 0.356 e. The molecule has 0 radical (unpaired) electrons. The van der Waals surface area contributed by atoms with Crippen molar-refractivity contribution >= 4 is 28.3 Å². The lowest BCUT2D eigenvalue weighted by atomic mass is 10.4. The van der Waals surface area contributed by atoms with E-state index < -0.39 is 5.97 Å². The molecule has 0 saturated carbocycles. The SMILES string of the molecule is Cc1nc(N)sc1C(=O)NCCn1cnc(C(=O)O)c1. The molecule has 0 aromatic carbocycles. The maximum absolute atomic E-state index is 11.9. The third-order valence-corrected chi connectivity index (χ3v) is 3.51. The van der Waals surface area contributed by atoms with Crippen molar-refractivity contribution in [2.75, 3.05) is 12.3 Å². The van der Waals surface area contributed by atoms with E-state index in [1.54, 1.807) is 11.5 Å². The van der Waals surface area contributed by atoms with Gasteiger partial charge in [0.05, 0.1) is 12.0 Å². The van der Waals surface area contributed by atoms with Crippen LogP contribution in [0.15, 0.2) is 12.5 Å². The number of nitrogens with two attached hydrogens (primary N) is 1. The van der Waals surface area contributed by atoms with Crippen molar-refractivity contribution in [2.45, 2.75) is 13.5 Å². The summed E-state index contributed by atoms with van der Waals surface area (Å²) in [6, 6.07) is 0. The zero-order chi connectivity index (χ0) is 14.7. The van der Waals surface area contributed by atoms with Crippen molar-refractivity contribution in [3.63, 3.8) is 0 Å². The fourth-order valence-corrected chi connectivity index (χ4v) is 2.35. The number of rotatable bonds is 5. The van der Waals surface area contributed by atoms with Crippen LogP contribution in [-0.4, -0.2) is 38.1 Å². The molecular weight excluding hydrogens is 282 g/mol. The molecule has 2 aromatic heterocycles. The molecule has 2 aromatic rings. The summed E-state index contributed by atoms with van der Waals surface area (Å²) in [6.07, 6.45) is 2.82. The van der Waals surface area contributed by atoms with Crippen molar-refractivity contribution in [1.29, 1.82) is 0 Å². The van der Waals surface area contributed by atoms with Crippen molar-refractivity contribution < 1.29 is 14.7 Å². The number of nitrogens with one attached hydrogen (secondary N) is 1. The largest absolute Gasteiger partial charge is 0.476 e. The second kappa shape index (κ2) is 5.70. The lowest BCUT2D eigenvalue weighted by Gasteiger charge is -2.04. The molecular formula is C11H13N5O3S. The van der Waals surface area contributed by atoms with Crippen LogP contribution in [0.5, 0.6) is 0 Å². The number of carbonyl (C=O) groups is 2. The van der Waals surface area contributed by atoms with E-state index in [1.165, 1.54) is 12.5 Å². The topological polar surface area (TPSA) is 123 Å². The molecule has 9 heteroatoms. The minimum Gasteiger partial charge on any atom is -0.476 e. The molecule has 0 aliphatic rings. The van der Waals surface area contributed by atoms with Gasteiger partial charge >= 0.3 is 5.97 Å². The molecule has 0 unspecified atom stereocenters. The van der Waals surface area contributed by atoms with Crippen LogP contribution in [0, 0.1) is 6.92 Å². The Morgan fingerprint density at radius 2 is 2.30 bits per heavy atom. The second-order valence-electron chi connectivity index (χ2n) is 4.02. The highest BCUT2D eigenvalue weighted by molar-refractivity contribution is 7.17. The van der Waals surface area contributed by atoms with Gasteiger partial charge in [0.2, 0.25) is 0 Å². The van der Waals surface area contributed by atoms with Gasteiger partial charge in [0, 0.05) is 19.3 Å². The first-order chi connectivity index (χ1) is 9.47. The number of hydrogen-bond acceptors (Lipinski definition) is 6. The fourth-order valence-electron chi connectivity index (χ4n) is 1.60. The Kier molecular flexibility index (Phi) is 3.99. The number of aromatic nitrogens is 3. The van der Waals surface area contributed by atoms with E-state index in [-0.39, 0.29) is 11.6 Å². The summed E-state index contributed by atoms with van der Waals surface area (Å²) in [5.74, 6) is -1.32. The molecule has 2 heterocycles. The molecule has 0 aliphatic heterocycles. The standard InChI is InChI=1S/C11H13N5O3S/c1-6-8(20-11(12)15-6)9(17)13-2-3-16-4-7(10(18)19)14-5-16/h4-5H,2-3H2,1H3,(H2,12,15)(H,13,17)(H,18,19). The van der Waals surface area contributed by atoms with Gasteiger partial charge in [0.1, 0.15) is 4.88 Å². The smallest absolute Gasteiger partial charge is 0.356 e. The lowest BCUT2D eigenvalue weighted by molar-refractivity contribution is 0.0690. The lowest BCUT2D eigenvalue weighted by Crippen LogP contribution is -2.26. The van der Waals surface area contributed by atoms with Gasteiger partial charge in [-0.25, -0.2) is 14.8 Å². The van der Waals surface area contributed by atoms with E-state index >= 15 is 0 Å². The fraction of sp³-hybridized carbons (Fsp3) is 0.273. The zero-order valence-electron chi connectivity index (χ0n) is 10.7. The van der Waals surface area contributed by atoms with E-state index in [0.29, 0.717) is 28.8 Å². The Labute approximate surface area is 118 Å². The number of hydrogen-bond donors (Lipinski definition) is 3. The van der Waals surface area contributed by atoms with E-state index in [4.69, 9.17) is 10.8 Å². The summed E-state index contributed by atoms with van der Waals surface area (Å²) in [6.45, 7) is 2.50. The summed E-state index contributed by atoms with van der Waals surface area (Å²) in [7, 11) is 0. The van der Waals surface area contributed by atoms with Gasteiger partial charge < -0.3 is 20.7 Å². The predicted octanol–water partition coefficient (Wildman–Crippen LogP) is 0.358. The van der Waals surface area contributed by atoms with Gasteiger partial charge in [-0.2, -0.15) is 0 Å². The van der Waals surface area contributed by atoms with Gasteiger partial charge in [-0.05, 0) is 6.92 Å². The van der Waals surface area contributed by atoms with Crippen LogP contribution in [0.1, 0.15) is 25.9 Å². The number of carboxylic acid groups (broad SMARTS) is 1. The summed E-state index contributed by atoms with van der Waals surface area (Å²) in [5, 5.41) is 11.8. The van der Waals surface area contributed by atoms with Crippen molar-refractivity contribution in [3.05, 3.63) is 28.8 Å². The number of nitrogen functional groups attached to an aromatic ring is 1. The third kappa shape index (κ3) is 3.12. The van der Waals surface area contributed by atoms with Crippen molar-refractivity contribution in [1.82, 2.24) is 19.9 Å². The van der Waals surface area contributed by atoms with E-state index in [2.05, 4.69) is 15.3 Å². The Bertz CT molecular complexity index is 648. The molecule has 0 bridgehead atoms. The molecule has 1 amide bonds. The van der Waals surface area contributed by atoms with Gasteiger partial charge in [-0.3, -0.25) is 4.79 Å². The molecule has 8 nitrogen and oxygen atoms in total. The minimum atomic E-state index is -1.08. The molecule has 2 rings (SSSR count). The number of imidazole rings is 1. The van der Waals surface area contributed by atoms with Crippen molar-refractivity contribution in [2.24, 2.45) is 0 Å². The highest BCUT2D eigenvalue weighted by Crippen LogP contribution is 2.19. The quantitative estimate of drug-likeness (QED) is 0.731. The summed E-state index contributed by atoms with van der Waals surface area (Å²) >= 11 is 1.13. The van der Waals surface area contributed by atoms with E-state index in [1.807, 2.05) is 0 Å². The first kappa shape index (κ1) is 14.0. The molecule has 0 fully saturated rings. The molecule has 20 heavy (non-hydrogen) atoms. The maximum atomic E-state index is 11.9. The Balaban J connectivity index is 1.87. The number of nitrogens with zero attached hydrogens (tertiary/aromatic N) is 3. The Hall–Kier alpha value is -2.42. The average molecular weight is 295 g/mol. The predicted molar refractivity (Wildman–Crippen MR) is 72.8 cm³/mol. The highest BCUT2D eigenvalue weighted by Gasteiger charge is 2.13. The number of thiazole rings is 1. The van der Waals surface area contributed by atoms with Crippen LogP contribution in [0.4, 0.5) is 5.13 Å². The minimum absolute atomic E-state index is 0.0256. The average Bonchev–Trinajstić information content (AvgIpc) is 2.96. The Morgan fingerprint density at radius 1 is 1.55 bits per heavy atom. The molecule has 4 N–H and O–H groups in total. The third-order valence-electron chi connectivity index (χ3n) is 2.53. The highest BCUT2D eigenvalue weighted by atomic mass is 32.1. The van der Waals surface area contributed by atoms with Crippen LogP contribution in [0.25, 0.3) is 0 Å². The molecule has 106 valence electrons. The molecule has 0 saturated heterocycles. The van der Waals surface area contributed by atoms with Gasteiger partial charge in [-0.15, -0.1) is 0 Å². The van der Waals surface area contributed by atoms with Crippen LogP contribution in [0.3, 0.4) is 0 Å². The van der Waals surface area contributed by atoms with Gasteiger partial charge in [0.25, 0.3) is 5.91 Å². The van der Waals surface area contributed by atoms with Gasteiger partial charge in [0.15, 0.2) is 10.8 Å². The molecule has 0 aliphatic carbocycles. The Morgan fingerprint density at radius 3 is 2.85 bits per heavy atom. The second-order valence-corrected chi connectivity index (χ2v) is 5.06. The van der Waals surface area contributed by atoms with Crippen LogP contribution < -0.4 is 11.1 Å². The summed E-state index contributed by atoms with van der Waals surface area (Å²) < 4.78 is 1.59. The van der Waals surface area contributed by atoms with Crippen LogP contribution in [-0.2, 0) is 6.54 Å². The number of amides is 1. The first-order valence-corrected chi connectivity index (χ1v) is 6.55. The van der Waals surface area contributed by atoms with Crippen molar-refractivity contribution in [3.8, 4) is 0 Å². The number of anilines is 1. The normalized spacial score (nSPS) is 10.4. The van der Waals surface area contributed by atoms with E-state index in [9.17, 15) is 9.59 Å². The monoisotopic (exact) mass is 295 g/mol. The zero-order valence-corrected chi connectivity index (χ0v) is 11.5. The van der Waals surface area contributed by atoms with Crippen LogP contribution in [0.2, 0.25) is 0 Å². The number of aromatic carboxylic acids is 1. The first-order valence-electron chi connectivity index (χ1n) is 5.73. The summed E-state index contributed by atoms with van der Waals surface area (Å²) in [5.41, 5.74) is 6.10. The van der Waals surface area contributed by atoms with Crippen LogP contribution >= 0.6 is 11.3 Å². The number of carbonyl (C=O) groups excluding carboxylic acids is 1. The number of carboxylic acids is 1. The van der Waals surface area contributed by atoms with E-state index in [0.717, 1.165) is 11.3 Å². The summed E-state index contributed by atoms with van der Waals surface area (Å²) in [4.78, 5) is 30.7. The number of aryl methyl sites for hydroxylation is 1. The molecule has 0 spiro atoms.